The zero-order valence-corrected chi connectivity index (χ0v) is 10.9. The van der Waals surface area contributed by atoms with Gasteiger partial charge in [-0.2, -0.15) is 0 Å². The molecule has 1 saturated heterocycles. The number of carbonyl (C=O) groups excluding carboxylic acids is 1. The van der Waals surface area contributed by atoms with Crippen molar-refractivity contribution >= 4 is 5.91 Å². The molecule has 4 nitrogen and oxygen atoms in total. The van der Waals surface area contributed by atoms with Crippen LogP contribution >= 0.6 is 0 Å². The minimum absolute atomic E-state index is 0.00335. The van der Waals surface area contributed by atoms with Crippen LogP contribution in [0.3, 0.4) is 0 Å². The van der Waals surface area contributed by atoms with Crippen LogP contribution in [0.25, 0.3) is 0 Å². The number of nitrogens with zero attached hydrogens (tertiary/aromatic N) is 1. The van der Waals surface area contributed by atoms with Gasteiger partial charge >= 0.3 is 0 Å². The van der Waals surface area contributed by atoms with Crippen LogP contribution < -0.4 is 5.32 Å². The Morgan fingerprint density at radius 2 is 2.24 bits per heavy atom. The predicted octanol–water partition coefficient (Wildman–Crippen LogP) is 1.18. The minimum Gasteiger partial charge on any atom is -0.368 e. The Kier molecular flexibility index (Phi) is 6.22. The van der Waals surface area contributed by atoms with Crippen molar-refractivity contribution in [3.05, 3.63) is 12.7 Å². The van der Waals surface area contributed by atoms with Crippen molar-refractivity contribution in [1.82, 2.24) is 10.2 Å². The van der Waals surface area contributed by atoms with E-state index >= 15 is 0 Å². The maximum Gasteiger partial charge on any atom is 0.249 e. The second-order valence-corrected chi connectivity index (χ2v) is 4.68. The third kappa shape index (κ3) is 5.33. The summed E-state index contributed by atoms with van der Waals surface area (Å²) < 4.78 is 5.41. The minimum atomic E-state index is -0.366. The van der Waals surface area contributed by atoms with Crippen LogP contribution in [0.2, 0.25) is 0 Å². The monoisotopic (exact) mass is 240 g/mol. The summed E-state index contributed by atoms with van der Waals surface area (Å²) >= 11 is 0. The Morgan fingerprint density at radius 3 is 2.82 bits per heavy atom. The zero-order valence-electron chi connectivity index (χ0n) is 10.9. The van der Waals surface area contributed by atoms with Gasteiger partial charge in [0.15, 0.2) is 0 Å². The smallest absolute Gasteiger partial charge is 0.249 e. The first kappa shape index (κ1) is 14.2. The van der Waals surface area contributed by atoms with Crippen molar-refractivity contribution < 1.29 is 9.53 Å². The molecule has 1 atom stereocenters. The van der Waals surface area contributed by atoms with E-state index in [1.54, 1.807) is 13.0 Å². The first-order chi connectivity index (χ1) is 8.13. The van der Waals surface area contributed by atoms with E-state index in [0.29, 0.717) is 12.6 Å². The Morgan fingerprint density at radius 1 is 1.59 bits per heavy atom. The average Bonchev–Trinajstić information content (AvgIpc) is 2.32. The van der Waals surface area contributed by atoms with Crippen molar-refractivity contribution in [3.8, 4) is 0 Å². The summed E-state index contributed by atoms with van der Waals surface area (Å²) in [4.78, 5) is 14.1. The quantitative estimate of drug-likeness (QED) is 0.560. The number of nitrogens with one attached hydrogen (secondary N) is 1. The van der Waals surface area contributed by atoms with Gasteiger partial charge in [-0.15, -0.1) is 6.58 Å². The second-order valence-electron chi connectivity index (χ2n) is 4.68. The van der Waals surface area contributed by atoms with E-state index in [4.69, 9.17) is 4.74 Å². The molecule has 4 heteroatoms. The molecule has 0 bridgehead atoms. The highest BCUT2D eigenvalue weighted by molar-refractivity contribution is 5.80. The Balaban J connectivity index is 2.21. The molecule has 1 aliphatic rings. The van der Waals surface area contributed by atoms with Crippen LogP contribution in [0.15, 0.2) is 12.7 Å². The van der Waals surface area contributed by atoms with Crippen molar-refractivity contribution in [3.63, 3.8) is 0 Å². The number of amides is 1. The van der Waals surface area contributed by atoms with Gasteiger partial charge in [0, 0.05) is 6.04 Å². The van der Waals surface area contributed by atoms with Crippen molar-refractivity contribution in [2.45, 2.75) is 38.3 Å². The van der Waals surface area contributed by atoms with Gasteiger partial charge in [0.2, 0.25) is 5.91 Å². The van der Waals surface area contributed by atoms with Crippen LogP contribution in [-0.2, 0) is 9.53 Å². The van der Waals surface area contributed by atoms with Crippen LogP contribution in [0.1, 0.15) is 26.2 Å². The first-order valence-corrected chi connectivity index (χ1v) is 6.35. The van der Waals surface area contributed by atoms with E-state index in [0.717, 1.165) is 32.4 Å². The number of hydrogen-bond donors (Lipinski definition) is 1. The number of rotatable bonds is 6. The fraction of sp³-hybridized carbons (Fsp3) is 0.769. The Labute approximate surface area is 104 Å². The summed E-state index contributed by atoms with van der Waals surface area (Å²) in [5.74, 6) is 0.00335. The van der Waals surface area contributed by atoms with Crippen LogP contribution in [0.5, 0.6) is 0 Å². The Bertz CT molecular complexity index is 248. The highest BCUT2D eigenvalue weighted by atomic mass is 16.5. The third-order valence-electron chi connectivity index (χ3n) is 3.12. The van der Waals surface area contributed by atoms with Crippen LogP contribution in [0.4, 0.5) is 0 Å². The van der Waals surface area contributed by atoms with Gasteiger partial charge in [-0.1, -0.05) is 6.08 Å². The molecule has 1 heterocycles. The lowest BCUT2D eigenvalue weighted by Gasteiger charge is -2.30. The summed E-state index contributed by atoms with van der Waals surface area (Å²) in [7, 11) is 2.11. The molecule has 1 rings (SSSR count). The molecule has 1 N–H and O–H groups in total. The first-order valence-electron chi connectivity index (χ1n) is 6.35. The normalized spacial score (nSPS) is 19.9. The zero-order chi connectivity index (χ0) is 12.7. The van der Waals surface area contributed by atoms with Gasteiger partial charge in [-0.3, -0.25) is 4.79 Å². The van der Waals surface area contributed by atoms with E-state index in [9.17, 15) is 4.79 Å². The van der Waals surface area contributed by atoms with Crippen molar-refractivity contribution in [1.29, 1.82) is 0 Å². The summed E-state index contributed by atoms with van der Waals surface area (Å²) in [6.07, 6.45) is 4.27. The molecule has 0 spiro atoms. The lowest BCUT2D eigenvalue weighted by atomic mass is 10.1. The predicted molar refractivity (Wildman–Crippen MR) is 68.9 cm³/mol. The molecule has 17 heavy (non-hydrogen) atoms. The summed E-state index contributed by atoms with van der Waals surface area (Å²) in [5, 5.41) is 3.05. The topological polar surface area (TPSA) is 41.6 Å². The molecule has 1 unspecified atom stereocenters. The van der Waals surface area contributed by atoms with Crippen molar-refractivity contribution in [2.75, 3.05) is 26.7 Å². The van der Waals surface area contributed by atoms with Gasteiger partial charge in [-0.05, 0) is 46.3 Å². The van der Waals surface area contributed by atoms with Crippen LogP contribution in [0, 0.1) is 0 Å². The van der Waals surface area contributed by atoms with Gasteiger partial charge in [-0.25, -0.2) is 0 Å². The standard InChI is InChI=1S/C13H24N2O2/c1-4-5-10-17-11(2)13(16)14-12-6-8-15(3)9-7-12/h4,11-12H,1,5-10H2,2-3H3,(H,14,16). The fourth-order valence-electron chi connectivity index (χ4n) is 1.88. The molecule has 0 aromatic carbocycles. The largest absolute Gasteiger partial charge is 0.368 e. The lowest BCUT2D eigenvalue weighted by molar-refractivity contribution is -0.132. The molecular formula is C13H24N2O2. The molecular weight excluding hydrogens is 216 g/mol. The van der Waals surface area contributed by atoms with Gasteiger partial charge in [0.25, 0.3) is 0 Å². The number of ether oxygens (including phenoxy) is 1. The number of likely N-dealkylation sites (tertiary alicyclic amines) is 1. The number of piperidine rings is 1. The molecule has 1 fully saturated rings. The molecule has 0 aromatic heterocycles. The van der Waals surface area contributed by atoms with E-state index in [2.05, 4.69) is 23.8 Å². The molecule has 0 radical (unpaired) electrons. The molecule has 1 aliphatic heterocycles. The van der Waals surface area contributed by atoms with E-state index in [-0.39, 0.29) is 12.0 Å². The molecule has 98 valence electrons. The highest BCUT2D eigenvalue weighted by Gasteiger charge is 2.21. The SMILES string of the molecule is C=CCCOC(C)C(=O)NC1CCN(C)CC1. The van der Waals surface area contributed by atoms with E-state index in [1.165, 1.54) is 0 Å². The average molecular weight is 240 g/mol. The lowest BCUT2D eigenvalue weighted by Crippen LogP contribution is -2.46. The molecule has 0 aromatic rings. The molecule has 1 amide bonds. The number of hydrogen-bond acceptors (Lipinski definition) is 3. The van der Waals surface area contributed by atoms with Gasteiger partial charge < -0.3 is 15.0 Å². The summed E-state index contributed by atoms with van der Waals surface area (Å²) in [6.45, 7) is 8.08. The maximum atomic E-state index is 11.8. The number of carbonyl (C=O) groups is 1. The van der Waals surface area contributed by atoms with Gasteiger partial charge in [0.05, 0.1) is 6.61 Å². The molecule has 0 aliphatic carbocycles. The highest BCUT2D eigenvalue weighted by Crippen LogP contribution is 2.08. The third-order valence-corrected chi connectivity index (χ3v) is 3.12. The van der Waals surface area contributed by atoms with E-state index < -0.39 is 0 Å². The Hall–Kier alpha value is -0.870. The van der Waals surface area contributed by atoms with Crippen LogP contribution in [-0.4, -0.2) is 49.7 Å². The fourth-order valence-corrected chi connectivity index (χ4v) is 1.88. The maximum absolute atomic E-state index is 11.8. The van der Waals surface area contributed by atoms with E-state index in [1.807, 2.05) is 0 Å². The second kappa shape index (κ2) is 7.45. The summed E-state index contributed by atoms with van der Waals surface area (Å²) in [5.41, 5.74) is 0. The van der Waals surface area contributed by atoms with Gasteiger partial charge in [0.1, 0.15) is 6.10 Å². The molecule has 0 saturated carbocycles. The van der Waals surface area contributed by atoms with Crippen molar-refractivity contribution in [2.24, 2.45) is 0 Å². The summed E-state index contributed by atoms with van der Waals surface area (Å²) in [6, 6.07) is 0.309.